The number of alkyl halides is 3. The minimum absolute atomic E-state index is 0.0565. The normalized spacial score (nSPS) is 23.2. The van der Waals surface area contributed by atoms with E-state index >= 15 is 0 Å². The van der Waals surface area contributed by atoms with E-state index in [0.29, 0.717) is 13.1 Å². The maximum atomic E-state index is 13.0. The van der Waals surface area contributed by atoms with Crippen LogP contribution in [0.5, 0.6) is 5.88 Å². The van der Waals surface area contributed by atoms with Crippen molar-refractivity contribution in [3.63, 3.8) is 0 Å². The number of hydrogen-bond donors (Lipinski definition) is 1. The van der Waals surface area contributed by atoms with Gasteiger partial charge < -0.3 is 19.7 Å². The quantitative estimate of drug-likeness (QED) is 0.751. The third-order valence-corrected chi connectivity index (χ3v) is 5.17. The molecule has 0 aromatic carbocycles. The highest BCUT2D eigenvalue weighted by atomic mass is 19.4. The van der Waals surface area contributed by atoms with Gasteiger partial charge in [0.25, 0.3) is 0 Å². The summed E-state index contributed by atoms with van der Waals surface area (Å²) in [7, 11) is 0. The number of hydrogen-bond acceptors (Lipinski definition) is 6. The van der Waals surface area contributed by atoms with E-state index in [-0.39, 0.29) is 30.3 Å². The van der Waals surface area contributed by atoms with E-state index in [0.717, 1.165) is 12.3 Å². The van der Waals surface area contributed by atoms with Gasteiger partial charge in [0, 0.05) is 19.0 Å². The van der Waals surface area contributed by atoms with Gasteiger partial charge in [0.2, 0.25) is 11.8 Å². The number of fused-ring (bicyclic) bond motifs is 1. The smallest absolute Gasteiger partial charge is 0.421 e. The lowest BCUT2D eigenvalue weighted by Gasteiger charge is -2.28. The Morgan fingerprint density at radius 3 is 2.32 bits per heavy atom. The first-order chi connectivity index (χ1) is 14.2. The number of carbonyl (C=O) groups excluding carboxylic acids is 2. The SMILES string of the molecule is CC(C)(COc1nnccc1C(F)(F)F)NC(=O)C1C2CN(C(=O)OC(C)(C)C)C[C@H]21. The van der Waals surface area contributed by atoms with E-state index < -0.39 is 34.9 Å². The van der Waals surface area contributed by atoms with Crippen LogP contribution in [-0.4, -0.2) is 57.9 Å². The third kappa shape index (κ3) is 5.56. The second-order valence-electron chi connectivity index (χ2n) is 9.65. The van der Waals surface area contributed by atoms with Gasteiger partial charge in [-0.1, -0.05) is 0 Å². The number of nitrogens with zero attached hydrogens (tertiary/aromatic N) is 3. The van der Waals surface area contributed by atoms with Crippen LogP contribution in [0, 0.1) is 17.8 Å². The van der Waals surface area contributed by atoms with Crippen molar-refractivity contribution in [1.29, 1.82) is 0 Å². The van der Waals surface area contributed by atoms with Crippen LogP contribution in [0.15, 0.2) is 12.3 Å². The number of nitrogens with one attached hydrogen (secondary N) is 1. The Kier molecular flexibility index (Phi) is 5.83. The van der Waals surface area contributed by atoms with E-state index in [9.17, 15) is 22.8 Å². The Labute approximate surface area is 178 Å². The summed E-state index contributed by atoms with van der Waals surface area (Å²) in [6, 6.07) is 0.787. The first-order valence-corrected chi connectivity index (χ1v) is 9.99. The van der Waals surface area contributed by atoms with Crippen molar-refractivity contribution in [2.45, 2.75) is 51.9 Å². The zero-order valence-electron chi connectivity index (χ0n) is 18.1. The molecule has 0 spiro atoms. The molecule has 0 bridgehead atoms. The average Bonchev–Trinajstić information content (AvgIpc) is 3.12. The standard InChI is InChI=1S/C20H27F3N4O4/c1-18(2,3)31-17(29)27-8-11-12(9-27)14(11)15(28)25-19(4,5)10-30-16-13(20(21,22)23)6-7-24-26-16/h6-7,11-12,14H,8-10H2,1-5H3,(H,25,28)/t11-,12?,14?/m1/s1. The molecule has 1 saturated carbocycles. The van der Waals surface area contributed by atoms with Crippen LogP contribution in [0.4, 0.5) is 18.0 Å². The fraction of sp³-hybridized carbons (Fsp3) is 0.700. The molecule has 0 radical (unpaired) electrons. The molecule has 2 fully saturated rings. The van der Waals surface area contributed by atoms with Crippen molar-refractivity contribution in [3.8, 4) is 5.88 Å². The number of rotatable bonds is 5. The number of amides is 2. The molecular weight excluding hydrogens is 417 g/mol. The predicted molar refractivity (Wildman–Crippen MR) is 103 cm³/mol. The molecule has 172 valence electrons. The van der Waals surface area contributed by atoms with Crippen LogP contribution in [0.25, 0.3) is 0 Å². The maximum Gasteiger partial charge on any atom is 0.421 e. The van der Waals surface area contributed by atoms with Crippen molar-refractivity contribution in [2.75, 3.05) is 19.7 Å². The first kappa shape index (κ1) is 23.1. The van der Waals surface area contributed by atoms with Gasteiger partial charge in [-0.3, -0.25) is 4.79 Å². The Morgan fingerprint density at radius 1 is 1.16 bits per heavy atom. The van der Waals surface area contributed by atoms with Crippen LogP contribution in [-0.2, 0) is 15.7 Å². The average molecular weight is 444 g/mol. The van der Waals surface area contributed by atoms with Crippen molar-refractivity contribution in [2.24, 2.45) is 17.8 Å². The summed E-state index contributed by atoms with van der Waals surface area (Å²) in [5, 5.41) is 9.68. The highest BCUT2D eigenvalue weighted by molar-refractivity contribution is 5.84. The highest BCUT2D eigenvalue weighted by Crippen LogP contribution is 2.52. The molecule has 2 aliphatic rings. The van der Waals surface area contributed by atoms with Gasteiger partial charge in [0.15, 0.2) is 0 Å². The summed E-state index contributed by atoms with van der Waals surface area (Å²) in [4.78, 5) is 26.4. The largest absolute Gasteiger partial charge is 0.474 e. The molecule has 1 N–H and O–H groups in total. The lowest BCUT2D eigenvalue weighted by molar-refractivity contribution is -0.139. The van der Waals surface area contributed by atoms with E-state index in [1.54, 1.807) is 39.5 Å². The van der Waals surface area contributed by atoms with Gasteiger partial charge in [0.1, 0.15) is 17.8 Å². The van der Waals surface area contributed by atoms with Gasteiger partial charge in [-0.05, 0) is 52.5 Å². The molecular formula is C20H27F3N4O4. The van der Waals surface area contributed by atoms with Crippen LogP contribution in [0.3, 0.4) is 0 Å². The Hall–Kier alpha value is -2.59. The highest BCUT2D eigenvalue weighted by Gasteiger charge is 2.61. The number of piperidine rings is 1. The summed E-state index contributed by atoms with van der Waals surface area (Å²) in [6.07, 6.45) is -4.07. The van der Waals surface area contributed by atoms with Gasteiger partial charge in [0.05, 0.1) is 11.7 Å². The number of carbonyl (C=O) groups is 2. The van der Waals surface area contributed by atoms with Crippen molar-refractivity contribution < 1.29 is 32.2 Å². The molecule has 1 aromatic rings. The molecule has 1 aliphatic heterocycles. The Bertz CT molecular complexity index is 842. The zero-order chi connectivity index (χ0) is 23.2. The van der Waals surface area contributed by atoms with E-state index in [1.807, 2.05) is 0 Å². The Morgan fingerprint density at radius 2 is 1.77 bits per heavy atom. The molecule has 2 amide bonds. The molecule has 3 rings (SSSR count). The molecule has 2 unspecified atom stereocenters. The van der Waals surface area contributed by atoms with Crippen LogP contribution in [0.2, 0.25) is 0 Å². The summed E-state index contributed by atoms with van der Waals surface area (Å²) in [5.41, 5.74) is -2.54. The first-order valence-electron chi connectivity index (χ1n) is 9.99. The maximum absolute atomic E-state index is 13.0. The minimum Gasteiger partial charge on any atom is -0.474 e. The molecule has 11 heteroatoms. The number of likely N-dealkylation sites (tertiary alicyclic amines) is 1. The topological polar surface area (TPSA) is 93.7 Å². The number of halogens is 3. The van der Waals surface area contributed by atoms with Gasteiger partial charge in [-0.15, -0.1) is 5.10 Å². The molecule has 1 saturated heterocycles. The van der Waals surface area contributed by atoms with Crippen LogP contribution in [0.1, 0.15) is 40.2 Å². The monoisotopic (exact) mass is 444 g/mol. The molecule has 2 heterocycles. The molecule has 8 nitrogen and oxygen atoms in total. The van der Waals surface area contributed by atoms with E-state index in [1.165, 1.54) is 0 Å². The van der Waals surface area contributed by atoms with E-state index in [2.05, 4.69) is 15.5 Å². The fourth-order valence-electron chi connectivity index (χ4n) is 3.73. The van der Waals surface area contributed by atoms with Crippen molar-refractivity contribution in [1.82, 2.24) is 20.4 Å². The number of ether oxygens (including phenoxy) is 2. The predicted octanol–water partition coefficient (Wildman–Crippen LogP) is 2.88. The van der Waals surface area contributed by atoms with Gasteiger partial charge in [-0.2, -0.15) is 18.3 Å². The second-order valence-corrected chi connectivity index (χ2v) is 9.65. The Balaban J connectivity index is 1.51. The third-order valence-electron chi connectivity index (χ3n) is 5.17. The van der Waals surface area contributed by atoms with Gasteiger partial charge >= 0.3 is 12.3 Å². The van der Waals surface area contributed by atoms with Gasteiger partial charge in [-0.25, -0.2) is 4.79 Å². The lowest BCUT2D eigenvalue weighted by Crippen LogP contribution is -2.49. The van der Waals surface area contributed by atoms with Crippen LogP contribution < -0.4 is 10.1 Å². The molecule has 1 aliphatic carbocycles. The molecule has 3 atom stereocenters. The molecule has 1 aromatic heterocycles. The lowest BCUT2D eigenvalue weighted by atomic mass is 10.1. The van der Waals surface area contributed by atoms with E-state index in [4.69, 9.17) is 9.47 Å². The zero-order valence-corrected chi connectivity index (χ0v) is 18.1. The summed E-state index contributed by atoms with van der Waals surface area (Å²) in [6.45, 7) is 9.36. The summed E-state index contributed by atoms with van der Waals surface area (Å²) < 4.78 is 49.7. The van der Waals surface area contributed by atoms with Crippen LogP contribution >= 0.6 is 0 Å². The summed E-state index contributed by atoms with van der Waals surface area (Å²) in [5.74, 6) is -0.960. The number of aromatic nitrogens is 2. The second kappa shape index (κ2) is 7.83. The van der Waals surface area contributed by atoms with Crippen molar-refractivity contribution in [3.05, 3.63) is 17.8 Å². The fourth-order valence-corrected chi connectivity index (χ4v) is 3.73. The molecule has 31 heavy (non-hydrogen) atoms. The van der Waals surface area contributed by atoms with Crippen molar-refractivity contribution >= 4 is 12.0 Å². The summed E-state index contributed by atoms with van der Waals surface area (Å²) >= 11 is 0. The minimum atomic E-state index is -4.62.